The van der Waals surface area contributed by atoms with Gasteiger partial charge in [-0.05, 0) is 59.3 Å². The van der Waals surface area contributed by atoms with E-state index in [4.69, 9.17) is 4.42 Å². The molecule has 5 heteroatoms. The molecule has 0 saturated carbocycles. The number of fused-ring (bicyclic) bond motifs is 2. The highest BCUT2D eigenvalue weighted by Crippen LogP contribution is 2.44. The van der Waals surface area contributed by atoms with Gasteiger partial charge in [-0.25, -0.2) is 0 Å². The van der Waals surface area contributed by atoms with Crippen LogP contribution < -0.4 is 5.43 Å². The maximum absolute atomic E-state index is 12.1. The molecule has 0 fully saturated rings. The van der Waals surface area contributed by atoms with Crippen LogP contribution in [-0.4, -0.2) is 11.4 Å². The zero-order valence-electron chi connectivity index (χ0n) is 13.7. The lowest BCUT2D eigenvalue weighted by atomic mass is 9.90. The van der Waals surface area contributed by atoms with Gasteiger partial charge in [0.15, 0.2) is 17.5 Å². The standard InChI is InChI=1S/C21H13IO4/c1-11-16(24)8-6-14-18(13-5-3-2-4-12(13)10-23)15-7-9-17(25)19(22)21(15)26-20(11)14/h2-10,24H,1H3. The summed E-state index contributed by atoms with van der Waals surface area (Å²) >= 11 is 1.97. The van der Waals surface area contributed by atoms with Crippen molar-refractivity contribution in [1.82, 2.24) is 0 Å². The van der Waals surface area contributed by atoms with Gasteiger partial charge in [-0.3, -0.25) is 9.59 Å². The second kappa shape index (κ2) is 6.25. The van der Waals surface area contributed by atoms with Crippen LogP contribution in [0.1, 0.15) is 15.9 Å². The highest BCUT2D eigenvalue weighted by Gasteiger charge is 2.23. The quantitative estimate of drug-likeness (QED) is 0.262. The second-order valence-electron chi connectivity index (χ2n) is 6.02. The normalized spacial score (nSPS) is 11.2. The van der Waals surface area contributed by atoms with Crippen molar-refractivity contribution in [3.05, 3.63) is 73.5 Å². The summed E-state index contributed by atoms with van der Waals surface area (Å²) in [6.45, 7) is 1.76. The van der Waals surface area contributed by atoms with E-state index in [2.05, 4.69) is 0 Å². The average molecular weight is 456 g/mol. The molecular weight excluding hydrogens is 443 g/mol. The maximum Gasteiger partial charge on any atom is 0.195 e. The number of hydrogen-bond acceptors (Lipinski definition) is 4. The van der Waals surface area contributed by atoms with Crippen LogP contribution in [0.25, 0.3) is 33.4 Å². The van der Waals surface area contributed by atoms with Gasteiger partial charge in [0.25, 0.3) is 0 Å². The lowest BCUT2D eigenvalue weighted by molar-refractivity contribution is 0.112. The molecule has 2 aromatic rings. The van der Waals surface area contributed by atoms with Gasteiger partial charge in [0.05, 0.1) is 0 Å². The van der Waals surface area contributed by atoms with Crippen LogP contribution in [0.4, 0.5) is 0 Å². The Balaban J connectivity index is 2.29. The number of aryl methyl sites for hydroxylation is 1. The molecule has 0 unspecified atom stereocenters. The molecule has 1 heterocycles. The largest absolute Gasteiger partial charge is 0.508 e. The van der Waals surface area contributed by atoms with Crippen molar-refractivity contribution in [2.45, 2.75) is 6.92 Å². The Morgan fingerprint density at radius 1 is 1.04 bits per heavy atom. The molecule has 0 atom stereocenters. The van der Waals surface area contributed by atoms with Gasteiger partial charge >= 0.3 is 0 Å². The first-order chi connectivity index (χ1) is 12.5. The maximum atomic E-state index is 12.1. The van der Waals surface area contributed by atoms with Crippen LogP contribution in [0, 0.1) is 10.5 Å². The summed E-state index contributed by atoms with van der Waals surface area (Å²) < 4.78 is 6.52. The first kappa shape index (κ1) is 16.8. The Bertz CT molecular complexity index is 1210. The first-order valence-corrected chi connectivity index (χ1v) is 9.03. The fourth-order valence-corrected chi connectivity index (χ4v) is 3.79. The van der Waals surface area contributed by atoms with Crippen molar-refractivity contribution < 1.29 is 14.3 Å². The number of hydrogen-bond donors (Lipinski definition) is 1. The van der Waals surface area contributed by atoms with E-state index in [1.165, 1.54) is 6.07 Å². The number of halogens is 1. The molecule has 0 aromatic heterocycles. The summed E-state index contributed by atoms with van der Waals surface area (Å²) in [5.74, 6) is 0.568. The van der Waals surface area contributed by atoms with Gasteiger partial charge in [-0.15, -0.1) is 0 Å². The molecule has 128 valence electrons. The molecule has 1 aliphatic heterocycles. The number of rotatable bonds is 2. The van der Waals surface area contributed by atoms with E-state index in [1.807, 2.05) is 40.8 Å². The molecule has 1 N–H and O–H groups in total. The molecule has 0 bridgehead atoms. The predicted molar refractivity (Wildman–Crippen MR) is 109 cm³/mol. The fraction of sp³-hybridized carbons (Fsp3) is 0.0476. The van der Waals surface area contributed by atoms with Gasteiger partial charge in [0.2, 0.25) is 0 Å². The van der Waals surface area contributed by atoms with Crippen molar-refractivity contribution >= 4 is 39.8 Å². The van der Waals surface area contributed by atoms with Crippen molar-refractivity contribution in [2.24, 2.45) is 0 Å². The molecule has 0 spiro atoms. The van der Waals surface area contributed by atoms with Crippen LogP contribution in [0.15, 0.2) is 57.7 Å². The Hall–Kier alpha value is -2.67. The van der Waals surface area contributed by atoms with Gasteiger partial charge in [-0.1, -0.05) is 24.3 Å². The monoisotopic (exact) mass is 456 g/mol. The summed E-state index contributed by atoms with van der Waals surface area (Å²) in [6.07, 6.45) is 0.817. The van der Waals surface area contributed by atoms with Crippen LogP contribution in [-0.2, 0) is 0 Å². The third kappa shape index (κ3) is 2.42. The number of aromatic hydroxyl groups is 1. The summed E-state index contributed by atoms with van der Waals surface area (Å²) in [4.78, 5) is 23.7. The van der Waals surface area contributed by atoms with Gasteiger partial charge < -0.3 is 9.52 Å². The molecule has 0 saturated heterocycles. The smallest absolute Gasteiger partial charge is 0.195 e. The van der Waals surface area contributed by atoms with Crippen molar-refractivity contribution in [3.8, 4) is 28.2 Å². The summed E-state index contributed by atoms with van der Waals surface area (Å²) in [7, 11) is 0. The third-order valence-corrected chi connectivity index (χ3v) is 5.56. The Morgan fingerprint density at radius 3 is 2.58 bits per heavy atom. The van der Waals surface area contributed by atoms with E-state index in [-0.39, 0.29) is 11.2 Å². The van der Waals surface area contributed by atoms with E-state index < -0.39 is 0 Å². The molecule has 0 radical (unpaired) electrons. The minimum absolute atomic E-state index is 0.114. The average Bonchev–Trinajstić information content (AvgIpc) is 2.66. The van der Waals surface area contributed by atoms with Crippen LogP contribution in [0.3, 0.4) is 0 Å². The molecule has 1 aliphatic carbocycles. The summed E-state index contributed by atoms with van der Waals surface area (Å²) in [5.41, 5.74) is 3.82. The second-order valence-corrected chi connectivity index (χ2v) is 7.10. The number of benzene rings is 3. The van der Waals surface area contributed by atoms with E-state index in [9.17, 15) is 14.7 Å². The molecule has 0 amide bonds. The molecule has 4 rings (SSSR count). The summed E-state index contributed by atoms with van der Waals surface area (Å²) in [6, 6.07) is 13.9. The third-order valence-electron chi connectivity index (χ3n) is 4.54. The minimum Gasteiger partial charge on any atom is -0.508 e. The number of aldehydes is 1. The molecule has 4 nitrogen and oxygen atoms in total. The number of carbonyl (C=O) groups is 1. The number of phenols is 1. The highest BCUT2D eigenvalue weighted by molar-refractivity contribution is 14.1. The molecular formula is C21H13IO4. The lowest BCUT2D eigenvalue weighted by Crippen LogP contribution is -2.07. The zero-order valence-corrected chi connectivity index (χ0v) is 15.9. The molecule has 2 aromatic carbocycles. The van der Waals surface area contributed by atoms with Gasteiger partial charge in [-0.2, -0.15) is 0 Å². The van der Waals surface area contributed by atoms with Gasteiger partial charge in [0, 0.05) is 27.6 Å². The Morgan fingerprint density at radius 2 is 1.81 bits per heavy atom. The SMILES string of the molecule is Cc1c(O)ccc2c(-c3ccccc3C=O)c3ccc(=O)c(I)c-3oc12. The van der Waals surface area contributed by atoms with Gasteiger partial charge in [0.1, 0.15) is 14.9 Å². The van der Waals surface area contributed by atoms with E-state index in [0.29, 0.717) is 26.0 Å². The lowest BCUT2D eigenvalue weighted by Gasteiger charge is -2.18. The van der Waals surface area contributed by atoms with Crippen molar-refractivity contribution in [1.29, 1.82) is 0 Å². The topological polar surface area (TPSA) is 67.5 Å². The number of phenolic OH excluding ortho intramolecular Hbond substituents is 1. The predicted octanol–water partition coefficient (Wildman–Crippen LogP) is 5.00. The molecule has 2 aliphatic rings. The van der Waals surface area contributed by atoms with Crippen LogP contribution in [0.5, 0.6) is 5.75 Å². The van der Waals surface area contributed by atoms with E-state index in [0.717, 1.165) is 28.4 Å². The van der Waals surface area contributed by atoms with Crippen LogP contribution in [0.2, 0.25) is 0 Å². The first-order valence-electron chi connectivity index (χ1n) is 7.95. The minimum atomic E-state index is -0.131. The highest BCUT2D eigenvalue weighted by atomic mass is 127. The zero-order chi connectivity index (χ0) is 18.4. The fourth-order valence-electron chi connectivity index (χ4n) is 3.21. The molecule has 26 heavy (non-hydrogen) atoms. The van der Waals surface area contributed by atoms with Crippen molar-refractivity contribution in [2.75, 3.05) is 0 Å². The van der Waals surface area contributed by atoms with Crippen molar-refractivity contribution in [3.63, 3.8) is 0 Å². The number of carbonyl (C=O) groups excluding carboxylic acids is 1. The Kier molecular flexibility index (Phi) is 4.03. The van der Waals surface area contributed by atoms with E-state index in [1.54, 1.807) is 31.2 Å². The Labute approximate surface area is 162 Å². The van der Waals surface area contributed by atoms with E-state index >= 15 is 0 Å². The van der Waals surface area contributed by atoms with Crippen LogP contribution >= 0.6 is 22.6 Å². The summed E-state index contributed by atoms with van der Waals surface area (Å²) in [5, 5.41) is 10.9.